The average Bonchev–Trinajstić information content (AvgIpc) is 3.44. The van der Waals surface area contributed by atoms with Crippen molar-refractivity contribution in [2.45, 2.75) is 30.7 Å². The Morgan fingerprint density at radius 3 is 1.86 bits per heavy atom. The Hall–Kier alpha value is -3.69. The first-order chi connectivity index (χ1) is 18.3. The van der Waals surface area contributed by atoms with Crippen LogP contribution in [0.1, 0.15) is 46.2 Å². The van der Waals surface area contributed by atoms with E-state index in [0.717, 1.165) is 42.9 Å². The molecule has 2 heterocycles. The predicted octanol–water partition coefficient (Wildman–Crippen LogP) is 6.84. The summed E-state index contributed by atoms with van der Waals surface area (Å²) in [6.45, 7) is 3.69. The molecule has 3 heteroatoms. The van der Waals surface area contributed by atoms with Crippen molar-refractivity contribution in [3.8, 4) is 11.1 Å². The lowest BCUT2D eigenvalue weighted by Crippen LogP contribution is -2.45. The molecule has 0 aromatic heterocycles. The van der Waals surface area contributed by atoms with Gasteiger partial charge in [-0.25, -0.2) is 0 Å². The highest BCUT2D eigenvalue weighted by atomic mass is 16.2. The molecule has 1 amide bonds. The number of amides is 1. The van der Waals surface area contributed by atoms with Crippen LogP contribution in [0.3, 0.4) is 0 Å². The summed E-state index contributed by atoms with van der Waals surface area (Å²) in [6.07, 6.45) is 2.35. The molecule has 0 radical (unpaired) electrons. The van der Waals surface area contributed by atoms with Crippen LogP contribution in [0.5, 0.6) is 0 Å². The highest BCUT2D eigenvalue weighted by molar-refractivity contribution is 6.01. The van der Waals surface area contributed by atoms with Gasteiger partial charge in [0.1, 0.15) is 0 Å². The van der Waals surface area contributed by atoms with Crippen molar-refractivity contribution in [2.75, 3.05) is 26.2 Å². The van der Waals surface area contributed by atoms with Crippen LogP contribution < -0.4 is 0 Å². The number of likely N-dealkylation sites (tertiary alicyclic amines) is 2. The molecule has 2 fully saturated rings. The van der Waals surface area contributed by atoms with Gasteiger partial charge >= 0.3 is 0 Å². The van der Waals surface area contributed by atoms with Crippen LogP contribution in [0.2, 0.25) is 0 Å². The Morgan fingerprint density at radius 1 is 0.622 bits per heavy atom. The normalized spacial score (nSPS) is 20.7. The molecule has 2 aliphatic rings. The molecule has 2 saturated heterocycles. The van der Waals surface area contributed by atoms with E-state index in [2.05, 4.69) is 88.7 Å². The summed E-state index contributed by atoms with van der Waals surface area (Å²) in [6, 6.07) is 40.4. The van der Waals surface area contributed by atoms with Crippen molar-refractivity contribution in [2.24, 2.45) is 0 Å². The first kappa shape index (κ1) is 23.7. The fraction of sp³-hybridized carbons (Fsp3) is 0.265. The molecule has 0 unspecified atom stereocenters. The fourth-order valence-corrected chi connectivity index (χ4v) is 6.35. The molecule has 0 spiro atoms. The van der Waals surface area contributed by atoms with Gasteiger partial charge in [0, 0.05) is 30.6 Å². The number of nitrogens with zero attached hydrogens (tertiary/aromatic N) is 2. The fourth-order valence-electron chi connectivity index (χ4n) is 6.35. The zero-order chi connectivity index (χ0) is 25.0. The van der Waals surface area contributed by atoms with Crippen molar-refractivity contribution >= 4 is 5.91 Å². The maximum Gasteiger partial charge on any atom is 0.254 e. The summed E-state index contributed by atoms with van der Waals surface area (Å²) in [4.78, 5) is 18.8. The first-order valence-corrected chi connectivity index (χ1v) is 13.6. The Kier molecular flexibility index (Phi) is 6.88. The summed E-state index contributed by atoms with van der Waals surface area (Å²) < 4.78 is 0. The third-order valence-electron chi connectivity index (χ3n) is 8.32. The molecule has 0 bridgehead atoms. The van der Waals surface area contributed by atoms with Gasteiger partial charge in [0.05, 0.1) is 0 Å². The van der Waals surface area contributed by atoms with Gasteiger partial charge in [0.25, 0.3) is 5.91 Å². The molecule has 4 aromatic rings. The third kappa shape index (κ3) is 4.97. The standard InChI is InChI=1S/C34H34N2O/c37-34(31-19-11-10-18-30(31)28-14-6-2-7-15-28)36-24-32(29-16-8-3-9-17-29)33(25-36)35-22-20-27(21-23-35)26-12-4-1-5-13-26/h1-19,27,32-33H,20-25H2/t32-,33+/m0/s1. The molecule has 0 aliphatic carbocycles. The molecular formula is C34H34N2O. The van der Waals surface area contributed by atoms with Crippen molar-refractivity contribution in [1.29, 1.82) is 0 Å². The molecule has 37 heavy (non-hydrogen) atoms. The monoisotopic (exact) mass is 486 g/mol. The molecule has 0 saturated carbocycles. The Balaban J connectivity index is 1.25. The molecule has 2 aliphatic heterocycles. The lowest BCUT2D eigenvalue weighted by molar-refractivity contribution is 0.0770. The van der Waals surface area contributed by atoms with Gasteiger partial charge in [-0.05, 0) is 60.2 Å². The topological polar surface area (TPSA) is 23.6 Å². The lowest BCUT2D eigenvalue weighted by atomic mass is 9.87. The minimum absolute atomic E-state index is 0.141. The Labute approximate surface area is 220 Å². The van der Waals surface area contributed by atoms with Gasteiger partial charge in [-0.15, -0.1) is 0 Å². The van der Waals surface area contributed by atoms with Gasteiger partial charge in [-0.3, -0.25) is 9.69 Å². The minimum Gasteiger partial charge on any atom is -0.336 e. The van der Waals surface area contributed by atoms with Crippen LogP contribution in [0, 0.1) is 0 Å². The zero-order valence-electron chi connectivity index (χ0n) is 21.2. The number of rotatable bonds is 5. The van der Waals surface area contributed by atoms with E-state index in [1.807, 2.05) is 36.4 Å². The van der Waals surface area contributed by atoms with Crippen molar-refractivity contribution in [3.63, 3.8) is 0 Å². The van der Waals surface area contributed by atoms with E-state index in [0.29, 0.717) is 17.9 Å². The number of carbonyl (C=O) groups is 1. The maximum atomic E-state index is 14.0. The van der Waals surface area contributed by atoms with Gasteiger partial charge in [0.2, 0.25) is 0 Å². The number of hydrogen-bond acceptors (Lipinski definition) is 2. The number of piperidine rings is 1. The SMILES string of the molecule is O=C(c1ccccc1-c1ccccc1)N1C[C@@H](N2CCC(c3ccccc3)CC2)[C@H](c2ccccc2)C1. The molecule has 186 valence electrons. The molecule has 3 nitrogen and oxygen atoms in total. The van der Waals surface area contributed by atoms with Gasteiger partial charge in [-0.2, -0.15) is 0 Å². The second-order valence-electron chi connectivity index (χ2n) is 10.4. The summed E-state index contributed by atoms with van der Waals surface area (Å²) in [5.74, 6) is 1.09. The van der Waals surface area contributed by atoms with Crippen molar-refractivity contribution in [3.05, 3.63) is 132 Å². The van der Waals surface area contributed by atoms with Crippen LogP contribution in [0.15, 0.2) is 115 Å². The van der Waals surface area contributed by atoms with E-state index >= 15 is 0 Å². The van der Waals surface area contributed by atoms with Gasteiger partial charge in [-0.1, -0.05) is 109 Å². The van der Waals surface area contributed by atoms with E-state index in [1.165, 1.54) is 24.0 Å². The van der Waals surface area contributed by atoms with Crippen molar-refractivity contribution in [1.82, 2.24) is 9.80 Å². The van der Waals surface area contributed by atoms with Gasteiger partial charge in [0.15, 0.2) is 0 Å². The lowest BCUT2D eigenvalue weighted by Gasteiger charge is -2.38. The molecular weight excluding hydrogens is 452 g/mol. The maximum absolute atomic E-state index is 14.0. The largest absolute Gasteiger partial charge is 0.336 e. The molecule has 6 rings (SSSR count). The van der Waals surface area contributed by atoms with Gasteiger partial charge < -0.3 is 4.90 Å². The summed E-state index contributed by atoms with van der Waals surface area (Å²) in [5, 5.41) is 0. The van der Waals surface area contributed by atoms with Crippen LogP contribution >= 0.6 is 0 Å². The molecule has 0 N–H and O–H groups in total. The average molecular weight is 487 g/mol. The second-order valence-corrected chi connectivity index (χ2v) is 10.4. The quantitative estimate of drug-likeness (QED) is 0.308. The van der Waals surface area contributed by atoms with E-state index in [1.54, 1.807) is 0 Å². The first-order valence-electron chi connectivity index (χ1n) is 13.6. The predicted molar refractivity (Wildman–Crippen MR) is 151 cm³/mol. The summed E-state index contributed by atoms with van der Waals surface area (Å²) in [7, 11) is 0. The van der Waals surface area contributed by atoms with E-state index in [9.17, 15) is 4.79 Å². The molecule has 4 aromatic carbocycles. The Bertz CT molecular complexity index is 1310. The second kappa shape index (κ2) is 10.7. The van der Waals surface area contributed by atoms with E-state index in [4.69, 9.17) is 0 Å². The van der Waals surface area contributed by atoms with Crippen LogP contribution in [0.25, 0.3) is 11.1 Å². The third-order valence-corrected chi connectivity index (χ3v) is 8.32. The van der Waals surface area contributed by atoms with E-state index < -0.39 is 0 Å². The highest BCUT2D eigenvalue weighted by Gasteiger charge is 2.41. The zero-order valence-corrected chi connectivity index (χ0v) is 21.2. The highest BCUT2D eigenvalue weighted by Crippen LogP contribution is 2.37. The van der Waals surface area contributed by atoms with Crippen LogP contribution in [-0.4, -0.2) is 47.9 Å². The summed E-state index contributed by atoms with van der Waals surface area (Å²) in [5.41, 5.74) is 5.69. The number of carbonyl (C=O) groups excluding carboxylic acids is 1. The Morgan fingerprint density at radius 2 is 1.19 bits per heavy atom. The number of benzene rings is 4. The number of hydrogen-bond donors (Lipinski definition) is 0. The van der Waals surface area contributed by atoms with Crippen LogP contribution in [0.4, 0.5) is 0 Å². The minimum atomic E-state index is 0.141. The smallest absolute Gasteiger partial charge is 0.254 e. The van der Waals surface area contributed by atoms with Crippen LogP contribution in [-0.2, 0) is 0 Å². The van der Waals surface area contributed by atoms with E-state index in [-0.39, 0.29) is 5.91 Å². The van der Waals surface area contributed by atoms with Crippen molar-refractivity contribution < 1.29 is 4.79 Å². The summed E-state index contributed by atoms with van der Waals surface area (Å²) >= 11 is 0. The molecule has 2 atom stereocenters.